The van der Waals surface area contributed by atoms with E-state index in [1.165, 1.54) is 25.3 Å². The van der Waals surface area contributed by atoms with Gasteiger partial charge in [-0.25, -0.2) is 4.79 Å². The molecule has 8 heteroatoms. The first-order valence-corrected chi connectivity index (χ1v) is 8.31. The summed E-state index contributed by atoms with van der Waals surface area (Å²) in [5, 5.41) is 19.8. The number of methoxy groups -OCH3 is 1. The molecular formula is C20H18N2O6. The molecule has 2 aromatic rings. The zero-order valence-electron chi connectivity index (χ0n) is 15.4. The normalized spacial score (nSPS) is 10.7. The molecule has 0 aromatic heterocycles. The molecule has 0 saturated heterocycles. The number of ether oxygens (including phenoxy) is 3. The van der Waals surface area contributed by atoms with Gasteiger partial charge in [-0.15, -0.1) is 0 Å². The molecule has 0 fully saturated rings. The third-order valence-electron chi connectivity index (χ3n) is 3.66. The lowest BCUT2D eigenvalue weighted by Crippen LogP contribution is -2.06. The Balaban J connectivity index is 2.15. The summed E-state index contributed by atoms with van der Waals surface area (Å²) in [4.78, 5) is 21.9. The lowest BCUT2D eigenvalue weighted by Gasteiger charge is -2.11. The monoisotopic (exact) mass is 382 g/mol. The highest BCUT2D eigenvalue weighted by Crippen LogP contribution is 2.30. The van der Waals surface area contributed by atoms with Gasteiger partial charge < -0.3 is 14.2 Å². The standard InChI is InChI=1S/C20H18N2O6/c1-3-27-20(23)16(12-21)10-15-6-9-18(19(11-15)26-2)28-13-14-4-7-17(8-5-14)22(24)25/h4-11H,3,13H2,1-2H3/b16-10-. The maximum absolute atomic E-state index is 11.7. The fourth-order valence-electron chi connectivity index (χ4n) is 2.28. The van der Waals surface area contributed by atoms with Crippen LogP contribution in [0.4, 0.5) is 5.69 Å². The number of hydrogen-bond donors (Lipinski definition) is 0. The highest BCUT2D eigenvalue weighted by atomic mass is 16.6. The van der Waals surface area contributed by atoms with E-state index in [0.717, 1.165) is 5.56 Å². The van der Waals surface area contributed by atoms with Crippen molar-refractivity contribution in [2.24, 2.45) is 0 Å². The van der Waals surface area contributed by atoms with Gasteiger partial charge in [0.15, 0.2) is 11.5 Å². The minimum Gasteiger partial charge on any atom is -0.493 e. The van der Waals surface area contributed by atoms with Crippen LogP contribution in [0.2, 0.25) is 0 Å². The van der Waals surface area contributed by atoms with E-state index in [1.54, 1.807) is 37.3 Å². The lowest BCUT2D eigenvalue weighted by molar-refractivity contribution is -0.384. The summed E-state index contributed by atoms with van der Waals surface area (Å²) in [6.45, 7) is 2.03. The van der Waals surface area contributed by atoms with Crippen molar-refractivity contribution >= 4 is 17.7 Å². The molecule has 2 rings (SSSR count). The van der Waals surface area contributed by atoms with Crippen LogP contribution in [0.25, 0.3) is 6.08 Å². The van der Waals surface area contributed by atoms with Gasteiger partial charge in [-0.3, -0.25) is 10.1 Å². The number of hydrogen-bond acceptors (Lipinski definition) is 7. The Morgan fingerprint density at radius 3 is 2.50 bits per heavy atom. The van der Waals surface area contributed by atoms with Gasteiger partial charge in [-0.2, -0.15) is 5.26 Å². The van der Waals surface area contributed by atoms with Gasteiger partial charge in [0.2, 0.25) is 0 Å². The van der Waals surface area contributed by atoms with Crippen molar-refractivity contribution in [3.05, 3.63) is 69.3 Å². The number of nitro benzene ring substituents is 1. The van der Waals surface area contributed by atoms with Gasteiger partial charge in [0.05, 0.1) is 18.6 Å². The predicted molar refractivity (Wildman–Crippen MR) is 101 cm³/mol. The minimum absolute atomic E-state index is 0.00682. The molecule has 0 spiro atoms. The Kier molecular flexibility index (Phi) is 7.11. The van der Waals surface area contributed by atoms with Crippen LogP contribution in [0.1, 0.15) is 18.1 Å². The third-order valence-corrected chi connectivity index (χ3v) is 3.66. The number of esters is 1. The number of carbonyl (C=O) groups excluding carboxylic acids is 1. The van der Waals surface area contributed by atoms with Crippen LogP contribution in [0.5, 0.6) is 11.5 Å². The Morgan fingerprint density at radius 1 is 1.21 bits per heavy atom. The molecule has 0 aliphatic carbocycles. The topological polar surface area (TPSA) is 112 Å². The third kappa shape index (κ3) is 5.32. The Bertz CT molecular complexity index is 929. The van der Waals surface area contributed by atoms with Gasteiger partial charge >= 0.3 is 5.97 Å². The van der Waals surface area contributed by atoms with Crippen molar-refractivity contribution in [1.29, 1.82) is 5.26 Å². The van der Waals surface area contributed by atoms with Gasteiger partial charge in [-0.05, 0) is 48.4 Å². The molecular weight excluding hydrogens is 364 g/mol. The number of nitriles is 1. The van der Waals surface area contributed by atoms with Gasteiger partial charge in [-0.1, -0.05) is 6.07 Å². The lowest BCUT2D eigenvalue weighted by atomic mass is 10.1. The summed E-state index contributed by atoms with van der Waals surface area (Å²) in [5.41, 5.74) is 1.21. The van der Waals surface area contributed by atoms with E-state index in [4.69, 9.17) is 19.5 Å². The number of non-ortho nitro benzene ring substituents is 1. The highest BCUT2D eigenvalue weighted by molar-refractivity contribution is 5.97. The van der Waals surface area contributed by atoms with Crippen LogP contribution < -0.4 is 9.47 Å². The first-order valence-electron chi connectivity index (χ1n) is 8.31. The smallest absolute Gasteiger partial charge is 0.348 e. The average Bonchev–Trinajstić information content (AvgIpc) is 2.71. The SMILES string of the molecule is CCOC(=O)/C(C#N)=C\c1ccc(OCc2ccc([N+](=O)[O-])cc2)c(OC)c1. The number of nitrogens with zero attached hydrogens (tertiary/aromatic N) is 2. The van der Waals surface area contributed by atoms with Crippen LogP contribution >= 0.6 is 0 Å². The van der Waals surface area contributed by atoms with Crippen LogP contribution in [0.15, 0.2) is 48.0 Å². The van der Waals surface area contributed by atoms with E-state index < -0.39 is 10.9 Å². The highest BCUT2D eigenvalue weighted by Gasteiger charge is 2.12. The van der Waals surface area contributed by atoms with E-state index in [-0.39, 0.29) is 24.5 Å². The van der Waals surface area contributed by atoms with E-state index in [1.807, 2.05) is 6.07 Å². The maximum atomic E-state index is 11.7. The van der Waals surface area contributed by atoms with Crippen molar-refractivity contribution in [1.82, 2.24) is 0 Å². The number of nitro groups is 1. The van der Waals surface area contributed by atoms with Gasteiger partial charge in [0.1, 0.15) is 18.2 Å². The summed E-state index contributed by atoms with van der Waals surface area (Å²) in [5.74, 6) is 0.173. The van der Waals surface area contributed by atoms with E-state index >= 15 is 0 Å². The fraction of sp³-hybridized carbons (Fsp3) is 0.200. The molecule has 0 radical (unpaired) electrons. The summed E-state index contributed by atoms with van der Waals surface area (Å²) < 4.78 is 15.9. The fourth-order valence-corrected chi connectivity index (χ4v) is 2.28. The van der Waals surface area contributed by atoms with E-state index in [9.17, 15) is 14.9 Å². The van der Waals surface area contributed by atoms with E-state index in [0.29, 0.717) is 17.1 Å². The minimum atomic E-state index is -0.692. The van der Waals surface area contributed by atoms with Crippen molar-refractivity contribution in [3.63, 3.8) is 0 Å². The summed E-state index contributed by atoms with van der Waals surface area (Å²) in [7, 11) is 1.47. The Morgan fingerprint density at radius 2 is 1.93 bits per heavy atom. The second kappa shape index (κ2) is 9.73. The molecule has 0 unspecified atom stereocenters. The molecule has 0 heterocycles. The summed E-state index contributed by atoms with van der Waals surface area (Å²) >= 11 is 0. The first-order chi connectivity index (χ1) is 13.5. The first kappa shape index (κ1) is 20.5. The predicted octanol–water partition coefficient (Wildman–Crippen LogP) is 3.65. The molecule has 8 nitrogen and oxygen atoms in total. The molecule has 0 saturated carbocycles. The second-order valence-corrected chi connectivity index (χ2v) is 5.51. The van der Waals surface area contributed by atoms with Crippen molar-refractivity contribution in [3.8, 4) is 17.6 Å². The average molecular weight is 382 g/mol. The van der Waals surface area contributed by atoms with Crippen LogP contribution in [0, 0.1) is 21.4 Å². The molecule has 0 amide bonds. The zero-order chi connectivity index (χ0) is 20.5. The number of carbonyl (C=O) groups is 1. The molecule has 144 valence electrons. The zero-order valence-corrected chi connectivity index (χ0v) is 15.4. The largest absolute Gasteiger partial charge is 0.493 e. The van der Waals surface area contributed by atoms with Crippen LogP contribution in [0.3, 0.4) is 0 Å². The molecule has 0 bridgehead atoms. The number of benzene rings is 2. The Hall–Kier alpha value is -3.86. The second-order valence-electron chi connectivity index (χ2n) is 5.51. The molecule has 0 atom stereocenters. The molecule has 0 N–H and O–H groups in total. The maximum Gasteiger partial charge on any atom is 0.348 e. The molecule has 0 aliphatic rings. The molecule has 28 heavy (non-hydrogen) atoms. The van der Waals surface area contributed by atoms with Crippen molar-refractivity contribution < 1.29 is 23.9 Å². The van der Waals surface area contributed by atoms with Gasteiger partial charge in [0, 0.05) is 12.1 Å². The van der Waals surface area contributed by atoms with Crippen molar-refractivity contribution in [2.45, 2.75) is 13.5 Å². The van der Waals surface area contributed by atoms with E-state index in [2.05, 4.69) is 0 Å². The molecule has 2 aromatic carbocycles. The van der Waals surface area contributed by atoms with Crippen molar-refractivity contribution in [2.75, 3.05) is 13.7 Å². The van der Waals surface area contributed by atoms with Crippen LogP contribution in [-0.4, -0.2) is 24.6 Å². The van der Waals surface area contributed by atoms with Crippen LogP contribution in [-0.2, 0) is 16.1 Å². The number of rotatable bonds is 8. The quantitative estimate of drug-likeness (QED) is 0.225. The van der Waals surface area contributed by atoms with Gasteiger partial charge in [0.25, 0.3) is 5.69 Å². The summed E-state index contributed by atoms with van der Waals surface area (Å²) in [6.07, 6.45) is 1.40. The summed E-state index contributed by atoms with van der Waals surface area (Å²) in [6, 6.07) is 12.8. The Labute approximate surface area is 161 Å². The molecule has 0 aliphatic heterocycles.